The third-order valence-corrected chi connectivity index (χ3v) is 7.41. The lowest BCUT2D eigenvalue weighted by Crippen LogP contribution is -2.35. The summed E-state index contributed by atoms with van der Waals surface area (Å²) in [7, 11) is -3.69. The number of hydrogen-bond donors (Lipinski definition) is 1. The summed E-state index contributed by atoms with van der Waals surface area (Å²) in [6.07, 6.45) is 1.66. The van der Waals surface area contributed by atoms with Crippen LogP contribution in [0.2, 0.25) is 0 Å². The Kier molecular flexibility index (Phi) is 5.83. The van der Waals surface area contributed by atoms with Crippen LogP contribution in [0.5, 0.6) is 0 Å². The fraction of sp³-hybridized carbons (Fsp3) is 0.240. The summed E-state index contributed by atoms with van der Waals surface area (Å²) in [5.74, 6) is 0.0921. The number of fused-ring (bicyclic) bond motifs is 1. The van der Waals surface area contributed by atoms with Gasteiger partial charge < -0.3 is 5.32 Å². The topological polar surface area (TPSA) is 66.5 Å². The van der Waals surface area contributed by atoms with E-state index in [-0.39, 0.29) is 10.8 Å². The lowest BCUT2D eigenvalue weighted by molar-refractivity contribution is 0.102. The second kappa shape index (κ2) is 8.55. The molecule has 31 heavy (non-hydrogen) atoms. The molecule has 0 fully saturated rings. The lowest BCUT2D eigenvalue weighted by atomic mass is 10.0. The van der Waals surface area contributed by atoms with Crippen LogP contribution < -0.4 is 9.62 Å². The number of para-hydroxylation sites is 1. The van der Waals surface area contributed by atoms with E-state index in [1.54, 1.807) is 12.1 Å². The summed E-state index contributed by atoms with van der Waals surface area (Å²) in [6.45, 7) is 4.65. The maximum absolute atomic E-state index is 13.2. The van der Waals surface area contributed by atoms with Crippen molar-refractivity contribution in [3.63, 3.8) is 0 Å². The lowest BCUT2D eigenvalue weighted by Gasteiger charge is -2.30. The van der Waals surface area contributed by atoms with Crippen LogP contribution in [0.3, 0.4) is 0 Å². The molecule has 5 nitrogen and oxygen atoms in total. The van der Waals surface area contributed by atoms with Gasteiger partial charge in [-0.1, -0.05) is 44.2 Å². The van der Waals surface area contributed by atoms with E-state index in [1.165, 1.54) is 16.4 Å². The molecule has 1 heterocycles. The van der Waals surface area contributed by atoms with Gasteiger partial charge in [0.2, 0.25) is 0 Å². The van der Waals surface area contributed by atoms with Crippen molar-refractivity contribution < 1.29 is 13.2 Å². The molecule has 4 rings (SSSR count). The Bertz CT molecular complexity index is 1200. The molecule has 0 radical (unpaired) electrons. The second-order valence-electron chi connectivity index (χ2n) is 8.07. The third kappa shape index (κ3) is 4.35. The van der Waals surface area contributed by atoms with Gasteiger partial charge in [0, 0.05) is 17.8 Å². The zero-order valence-electron chi connectivity index (χ0n) is 17.7. The van der Waals surface area contributed by atoms with Crippen molar-refractivity contribution in [2.24, 2.45) is 0 Å². The Labute approximate surface area is 183 Å². The minimum atomic E-state index is -3.69. The van der Waals surface area contributed by atoms with Crippen molar-refractivity contribution in [2.75, 3.05) is 16.2 Å². The summed E-state index contributed by atoms with van der Waals surface area (Å²) in [5, 5.41) is 2.89. The summed E-state index contributed by atoms with van der Waals surface area (Å²) >= 11 is 0. The standard InChI is InChI=1S/C25H26N2O3S/c1-18(2)21-8-5-10-22(17-21)26-25(28)20-12-14-23(15-13-20)31(29,30)27-16-6-9-19-7-3-4-11-24(19)27/h3-5,7-8,10-15,17-18H,6,9,16H2,1-2H3,(H,26,28). The average molecular weight is 435 g/mol. The number of anilines is 2. The van der Waals surface area contributed by atoms with E-state index in [0.717, 1.165) is 35.3 Å². The largest absolute Gasteiger partial charge is 0.322 e. The van der Waals surface area contributed by atoms with Crippen LogP contribution >= 0.6 is 0 Å². The van der Waals surface area contributed by atoms with E-state index in [2.05, 4.69) is 19.2 Å². The monoisotopic (exact) mass is 434 g/mol. The van der Waals surface area contributed by atoms with Gasteiger partial charge in [0.1, 0.15) is 0 Å². The Morgan fingerprint density at radius 3 is 2.45 bits per heavy atom. The first kappa shape index (κ1) is 21.1. The quantitative estimate of drug-likeness (QED) is 0.600. The van der Waals surface area contributed by atoms with E-state index in [0.29, 0.717) is 18.0 Å². The number of hydrogen-bond acceptors (Lipinski definition) is 3. The van der Waals surface area contributed by atoms with Crippen molar-refractivity contribution >= 4 is 27.3 Å². The predicted molar refractivity (Wildman–Crippen MR) is 124 cm³/mol. The van der Waals surface area contributed by atoms with Crippen molar-refractivity contribution in [1.82, 2.24) is 0 Å². The summed E-state index contributed by atoms with van der Waals surface area (Å²) in [5.41, 5.74) is 4.05. The second-order valence-corrected chi connectivity index (χ2v) is 9.93. The van der Waals surface area contributed by atoms with Gasteiger partial charge >= 0.3 is 0 Å². The summed E-state index contributed by atoms with van der Waals surface area (Å²) in [4.78, 5) is 12.8. The molecule has 1 aliphatic rings. The third-order valence-electron chi connectivity index (χ3n) is 5.58. The van der Waals surface area contributed by atoms with Crippen molar-refractivity contribution in [3.8, 4) is 0 Å². The summed E-state index contributed by atoms with van der Waals surface area (Å²) < 4.78 is 28.0. The predicted octanol–water partition coefficient (Wildman–Crippen LogP) is 5.20. The SMILES string of the molecule is CC(C)c1cccc(NC(=O)c2ccc(S(=O)(=O)N3CCCc4ccccc43)cc2)c1. The molecule has 1 aliphatic heterocycles. The molecule has 0 saturated carbocycles. The van der Waals surface area contributed by atoms with Gasteiger partial charge in [-0.15, -0.1) is 0 Å². The molecule has 3 aromatic carbocycles. The molecular formula is C25H26N2O3S. The van der Waals surface area contributed by atoms with Crippen LogP contribution in [-0.2, 0) is 16.4 Å². The number of carbonyl (C=O) groups is 1. The number of aryl methyl sites for hydroxylation is 1. The van der Waals surface area contributed by atoms with Crippen molar-refractivity contribution in [2.45, 2.75) is 37.5 Å². The first-order valence-corrected chi connectivity index (χ1v) is 11.9. The molecule has 0 spiro atoms. The van der Waals surface area contributed by atoms with Gasteiger partial charge in [-0.2, -0.15) is 0 Å². The minimum Gasteiger partial charge on any atom is -0.322 e. The summed E-state index contributed by atoms with van der Waals surface area (Å²) in [6, 6.07) is 21.5. The zero-order valence-corrected chi connectivity index (χ0v) is 18.5. The highest BCUT2D eigenvalue weighted by molar-refractivity contribution is 7.92. The van der Waals surface area contributed by atoms with Crippen LogP contribution in [0.15, 0.2) is 77.7 Å². The van der Waals surface area contributed by atoms with Gasteiger partial charge in [0.25, 0.3) is 15.9 Å². The van der Waals surface area contributed by atoms with Gasteiger partial charge in [-0.25, -0.2) is 8.42 Å². The van der Waals surface area contributed by atoms with E-state index in [9.17, 15) is 13.2 Å². The van der Waals surface area contributed by atoms with Crippen LogP contribution in [0.25, 0.3) is 0 Å². The molecule has 1 amide bonds. The number of nitrogens with zero attached hydrogens (tertiary/aromatic N) is 1. The van der Waals surface area contributed by atoms with Crippen LogP contribution in [0.1, 0.15) is 47.7 Å². The molecule has 0 aliphatic carbocycles. The van der Waals surface area contributed by atoms with Crippen LogP contribution in [-0.4, -0.2) is 20.9 Å². The maximum atomic E-state index is 13.2. The minimum absolute atomic E-state index is 0.183. The van der Waals surface area contributed by atoms with Crippen LogP contribution in [0, 0.1) is 0 Å². The number of amides is 1. The zero-order chi connectivity index (χ0) is 22.0. The molecule has 6 heteroatoms. The van der Waals surface area contributed by atoms with E-state index in [4.69, 9.17) is 0 Å². The molecule has 160 valence electrons. The molecular weight excluding hydrogens is 408 g/mol. The van der Waals surface area contributed by atoms with Crippen LogP contribution in [0.4, 0.5) is 11.4 Å². The Morgan fingerprint density at radius 1 is 0.968 bits per heavy atom. The highest BCUT2D eigenvalue weighted by Crippen LogP contribution is 2.31. The molecule has 0 unspecified atom stereocenters. The molecule has 3 aromatic rings. The van der Waals surface area contributed by atoms with Gasteiger partial charge in [0.05, 0.1) is 10.6 Å². The number of sulfonamides is 1. The fourth-order valence-electron chi connectivity index (χ4n) is 3.83. The molecule has 0 atom stereocenters. The number of benzene rings is 3. The van der Waals surface area contributed by atoms with Gasteiger partial charge in [-0.3, -0.25) is 9.10 Å². The van der Waals surface area contributed by atoms with Gasteiger partial charge in [0.15, 0.2) is 0 Å². The van der Waals surface area contributed by atoms with Crippen molar-refractivity contribution in [3.05, 3.63) is 89.5 Å². The molecule has 0 aromatic heterocycles. The average Bonchev–Trinajstić information content (AvgIpc) is 2.79. The Morgan fingerprint density at radius 2 is 1.71 bits per heavy atom. The normalized spacial score (nSPS) is 13.7. The van der Waals surface area contributed by atoms with Gasteiger partial charge in [-0.05, 0) is 72.4 Å². The fourth-order valence-corrected chi connectivity index (χ4v) is 5.37. The highest BCUT2D eigenvalue weighted by Gasteiger charge is 2.28. The highest BCUT2D eigenvalue weighted by atomic mass is 32.2. The smallest absolute Gasteiger partial charge is 0.264 e. The molecule has 1 N–H and O–H groups in total. The van der Waals surface area contributed by atoms with E-state index < -0.39 is 10.0 Å². The molecule has 0 saturated heterocycles. The number of rotatable bonds is 5. The first-order valence-electron chi connectivity index (χ1n) is 10.5. The van der Waals surface area contributed by atoms with Crippen molar-refractivity contribution in [1.29, 1.82) is 0 Å². The van der Waals surface area contributed by atoms with E-state index >= 15 is 0 Å². The maximum Gasteiger partial charge on any atom is 0.264 e. The number of nitrogens with one attached hydrogen (secondary N) is 1. The Balaban J connectivity index is 1.54. The Hall–Kier alpha value is -3.12. The first-order chi connectivity index (χ1) is 14.9. The molecule has 0 bridgehead atoms. The number of carbonyl (C=O) groups excluding carboxylic acids is 1. The van der Waals surface area contributed by atoms with E-state index in [1.807, 2.05) is 48.5 Å².